The van der Waals surface area contributed by atoms with E-state index in [0.29, 0.717) is 18.8 Å². The number of nitrogens with zero attached hydrogens (tertiary/aromatic N) is 4. The van der Waals surface area contributed by atoms with E-state index in [9.17, 15) is 9.59 Å². The molecule has 0 bridgehead atoms. The summed E-state index contributed by atoms with van der Waals surface area (Å²) in [5.41, 5.74) is 4.80. The highest BCUT2D eigenvalue weighted by Gasteiger charge is 2.15. The topological polar surface area (TPSA) is 102 Å². The van der Waals surface area contributed by atoms with Gasteiger partial charge in [-0.25, -0.2) is 4.79 Å². The molecule has 146 valence electrons. The van der Waals surface area contributed by atoms with Crippen molar-refractivity contribution in [1.82, 2.24) is 19.6 Å². The maximum Gasteiger partial charge on any atom is 0.338 e. The zero-order valence-corrected chi connectivity index (χ0v) is 16.1. The third kappa shape index (κ3) is 4.46. The molecule has 0 spiro atoms. The number of amides is 1. The molecule has 2 N–H and O–H groups in total. The van der Waals surface area contributed by atoms with Crippen molar-refractivity contribution >= 4 is 17.6 Å². The number of rotatable bonds is 7. The van der Waals surface area contributed by atoms with Crippen LogP contribution in [0.25, 0.3) is 0 Å². The highest BCUT2D eigenvalue weighted by Crippen LogP contribution is 2.21. The standard InChI is InChI=1S/C20H23N5O3/c1-13-4-6-16(7-5-13)11-25-15(3)19(14(2)23-25)22-18(26)8-9-24-12-17(10-21-24)20(27)28/h4-7,10,12H,8-9,11H2,1-3H3,(H,22,26)(H,27,28). The van der Waals surface area contributed by atoms with Gasteiger partial charge in [0, 0.05) is 19.2 Å². The van der Waals surface area contributed by atoms with E-state index in [1.807, 2.05) is 25.5 Å². The maximum atomic E-state index is 12.3. The minimum atomic E-state index is -1.04. The van der Waals surface area contributed by atoms with Gasteiger partial charge in [-0.2, -0.15) is 10.2 Å². The average molecular weight is 381 g/mol. The third-order valence-electron chi connectivity index (χ3n) is 4.55. The molecule has 8 heteroatoms. The van der Waals surface area contributed by atoms with Gasteiger partial charge < -0.3 is 10.4 Å². The fourth-order valence-corrected chi connectivity index (χ4v) is 2.91. The molecule has 0 saturated heterocycles. The number of benzene rings is 1. The van der Waals surface area contributed by atoms with E-state index in [1.165, 1.54) is 22.6 Å². The first-order chi connectivity index (χ1) is 13.3. The molecule has 1 amide bonds. The lowest BCUT2D eigenvalue weighted by Crippen LogP contribution is -2.16. The normalized spacial score (nSPS) is 10.8. The van der Waals surface area contributed by atoms with Crippen LogP contribution >= 0.6 is 0 Å². The number of carboxylic acids is 1. The quantitative estimate of drug-likeness (QED) is 0.655. The Balaban J connectivity index is 1.63. The number of anilines is 1. The summed E-state index contributed by atoms with van der Waals surface area (Å²) in [5.74, 6) is -1.21. The highest BCUT2D eigenvalue weighted by molar-refractivity contribution is 5.91. The number of hydrogen-bond acceptors (Lipinski definition) is 4. The van der Waals surface area contributed by atoms with Gasteiger partial charge in [0.1, 0.15) is 0 Å². The van der Waals surface area contributed by atoms with Gasteiger partial charge in [0.15, 0.2) is 0 Å². The molecular formula is C20H23N5O3. The van der Waals surface area contributed by atoms with Crippen LogP contribution in [0.2, 0.25) is 0 Å². The van der Waals surface area contributed by atoms with Crippen molar-refractivity contribution in [3.05, 3.63) is 64.7 Å². The summed E-state index contributed by atoms with van der Waals surface area (Å²) in [6.45, 7) is 6.77. The zero-order chi connectivity index (χ0) is 20.3. The predicted molar refractivity (Wildman–Crippen MR) is 104 cm³/mol. The second kappa shape index (κ2) is 8.08. The van der Waals surface area contributed by atoms with Crippen LogP contribution < -0.4 is 5.32 Å². The zero-order valence-electron chi connectivity index (χ0n) is 16.1. The van der Waals surface area contributed by atoms with Crippen molar-refractivity contribution in [2.45, 2.75) is 40.3 Å². The molecule has 0 aliphatic rings. The van der Waals surface area contributed by atoms with E-state index < -0.39 is 5.97 Å². The predicted octanol–water partition coefficient (Wildman–Crippen LogP) is 2.78. The summed E-state index contributed by atoms with van der Waals surface area (Å²) in [5, 5.41) is 20.3. The lowest BCUT2D eigenvalue weighted by molar-refractivity contribution is -0.116. The van der Waals surface area contributed by atoms with Crippen molar-refractivity contribution in [3.63, 3.8) is 0 Å². The fraction of sp³-hybridized carbons (Fsp3) is 0.300. The summed E-state index contributed by atoms with van der Waals surface area (Å²) in [4.78, 5) is 23.2. The number of carbonyl (C=O) groups is 2. The van der Waals surface area contributed by atoms with E-state index in [1.54, 1.807) is 0 Å². The molecule has 0 saturated carbocycles. The Morgan fingerprint density at radius 1 is 1.14 bits per heavy atom. The van der Waals surface area contributed by atoms with Gasteiger partial charge in [0.05, 0.1) is 35.4 Å². The molecular weight excluding hydrogens is 358 g/mol. The molecule has 0 aliphatic carbocycles. The fourth-order valence-electron chi connectivity index (χ4n) is 2.91. The molecule has 0 fully saturated rings. The SMILES string of the molecule is Cc1ccc(Cn2nc(C)c(NC(=O)CCn3cc(C(=O)O)cn3)c2C)cc1. The van der Waals surface area contributed by atoms with Crippen LogP contribution in [0.5, 0.6) is 0 Å². The van der Waals surface area contributed by atoms with Crippen LogP contribution in [-0.4, -0.2) is 36.5 Å². The monoisotopic (exact) mass is 381 g/mol. The van der Waals surface area contributed by atoms with Crippen LogP contribution in [0, 0.1) is 20.8 Å². The summed E-state index contributed by atoms with van der Waals surface area (Å²) < 4.78 is 3.33. The molecule has 0 atom stereocenters. The third-order valence-corrected chi connectivity index (χ3v) is 4.55. The molecule has 2 aromatic heterocycles. The molecule has 0 radical (unpaired) electrons. The van der Waals surface area contributed by atoms with Gasteiger partial charge in [-0.3, -0.25) is 14.2 Å². The van der Waals surface area contributed by atoms with E-state index in [4.69, 9.17) is 5.11 Å². The molecule has 3 aromatic rings. The van der Waals surface area contributed by atoms with Crippen LogP contribution in [0.4, 0.5) is 5.69 Å². The Morgan fingerprint density at radius 2 is 1.86 bits per heavy atom. The van der Waals surface area contributed by atoms with Gasteiger partial charge in [-0.1, -0.05) is 29.8 Å². The smallest absolute Gasteiger partial charge is 0.338 e. The van der Waals surface area contributed by atoms with Crippen molar-refractivity contribution in [2.24, 2.45) is 0 Å². The lowest BCUT2D eigenvalue weighted by atomic mass is 10.1. The minimum Gasteiger partial charge on any atom is -0.478 e. The Labute approximate surface area is 162 Å². The van der Waals surface area contributed by atoms with Crippen molar-refractivity contribution in [1.29, 1.82) is 0 Å². The number of carbonyl (C=O) groups excluding carboxylic acids is 1. The van der Waals surface area contributed by atoms with Gasteiger partial charge in [-0.15, -0.1) is 0 Å². The summed E-state index contributed by atoms with van der Waals surface area (Å²) >= 11 is 0. The molecule has 28 heavy (non-hydrogen) atoms. The number of carboxylic acid groups (broad SMARTS) is 1. The van der Waals surface area contributed by atoms with Gasteiger partial charge in [-0.05, 0) is 26.3 Å². The summed E-state index contributed by atoms with van der Waals surface area (Å²) in [6, 6.07) is 8.27. The van der Waals surface area contributed by atoms with Crippen molar-refractivity contribution in [2.75, 3.05) is 5.32 Å². The number of aromatic nitrogens is 4. The lowest BCUT2D eigenvalue weighted by Gasteiger charge is -2.08. The Kier molecular flexibility index (Phi) is 5.58. The Bertz CT molecular complexity index is 1000. The highest BCUT2D eigenvalue weighted by atomic mass is 16.4. The van der Waals surface area contributed by atoms with E-state index in [-0.39, 0.29) is 17.9 Å². The Morgan fingerprint density at radius 3 is 2.50 bits per heavy atom. The molecule has 8 nitrogen and oxygen atoms in total. The van der Waals surface area contributed by atoms with Crippen LogP contribution in [0.3, 0.4) is 0 Å². The minimum absolute atomic E-state index is 0.101. The molecule has 2 heterocycles. The van der Waals surface area contributed by atoms with E-state index in [2.05, 4.69) is 39.8 Å². The van der Waals surface area contributed by atoms with Crippen LogP contribution in [0.15, 0.2) is 36.7 Å². The number of nitrogens with one attached hydrogen (secondary N) is 1. The number of aryl methyl sites for hydroxylation is 3. The second-order valence-corrected chi connectivity index (χ2v) is 6.78. The molecule has 0 unspecified atom stereocenters. The maximum absolute atomic E-state index is 12.3. The largest absolute Gasteiger partial charge is 0.478 e. The summed E-state index contributed by atoms with van der Waals surface area (Å²) in [6.07, 6.45) is 2.86. The number of aromatic carboxylic acids is 1. The van der Waals surface area contributed by atoms with Crippen molar-refractivity contribution in [3.8, 4) is 0 Å². The molecule has 0 aliphatic heterocycles. The first kappa shape index (κ1) is 19.3. The average Bonchev–Trinajstić information content (AvgIpc) is 3.23. The first-order valence-electron chi connectivity index (χ1n) is 8.98. The Hall–Kier alpha value is -3.42. The van der Waals surface area contributed by atoms with Gasteiger partial charge >= 0.3 is 5.97 Å². The van der Waals surface area contributed by atoms with E-state index in [0.717, 1.165) is 17.0 Å². The van der Waals surface area contributed by atoms with Crippen LogP contribution in [0.1, 0.15) is 39.3 Å². The van der Waals surface area contributed by atoms with Crippen molar-refractivity contribution < 1.29 is 14.7 Å². The van der Waals surface area contributed by atoms with Gasteiger partial charge in [0.2, 0.25) is 5.91 Å². The van der Waals surface area contributed by atoms with E-state index >= 15 is 0 Å². The molecule has 3 rings (SSSR count). The second-order valence-electron chi connectivity index (χ2n) is 6.78. The molecule has 1 aromatic carbocycles. The van der Waals surface area contributed by atoms with Gasteiger partial charge in [0.25, 0.3) is 0 Å². The summed E-state index contributed by atoms with van der Waals surface area (Å²) in [7, 11) is 0. The first-order valence-corrected chi connectivity index (χ1v) is 8.98. The van der Waals surface area contributed by atoms with Crippen LogP contribution in [-0.2, 0) is 17.9 Å². The number of hydrogen-bond donors (Lipinski definition) is 2.